The van der Waals surface area contributed by atoms with E-state index in [-0.39, 0.29) is 11.4 Å². The summed E-state index contributed by atoms with van der Waals surface area (Å²) >= 11 is 0. The second kappa shape index (κ2) is 3.77. The van der Waals surface area contributed by atoms with E-state index in [1.165, 1.54) is 0 Å². The Bertz CT molecular complexity index is 359. The minimum Gasteiger partial charge on any atom is -0.311 e. The highest BCUT2D eigenvalue weighted by molar-refractivity contribution is 6.12. The van der Waals surface area contributed by atoms with Crippen LogP contribution in [0.25, 0.3) is 0 Å². The van der Waals surface area contributed by atoms with Crippen molar-refractivity contribution in [2.24, 2.45) is 0 Å². The van der Waals surface area contributed by atoms with Gasteiger partial charge >= 0.3 is 0 Å². The molecule has 0 aliphatic heterocycles. The Morgan fingerprint density at radius 3 is 2.69 bits per heavy atom. The summed E-state index contributed by atoms with van der Waals surface area (Å²) in [6.07, 6.45) is 0.788. The van der Waals surface area contributed by atoms with Gasteiger partial charge in [0.2, 0.25) is 0 Å². The molecule has 0 saturated heterocycles. The van der Waals surface area contributed by atoms with Crippen molar-refractivity contribution < 1.29 is 0 Å². The zero-order valence-electron chi connectivity index (χ0n) is 8.22. The molecule has 0 amide bonds. The first kappa shape index (κ1) is 10.0. The van der Waals surface area contributed by atoms with Crippen LogP contribution in [0.15, 0.2) is 4.79 Å². The summed E-state index contributed by atoms with van der Waals surface area (Å²) in [6.45, 7) is 5.48. The summed E-state index contributed by atoms with van der Waals surface area (Å²) in [7, 11) is 5.82. The van der Waals surface area contributed by atoms with Crippen LogP contribution in [0.4, 0.5) is 0 Å². The van der Waals surface area contributed by atoms with Crippen LogP contribution in [0, 0.1) is 13.8 Å². The van der Waals surface area contributed by atoms with Gasteiger partial charge in [0.05, 0.1) is 7.85 Å². The van der Waals surface area contributed by atoms with Crippen LogP contribution in [0.1, 0.15) is 36.2 Å². The third kappa shape index (κ3) is 2.00. The minimum absolute atomic E-state index is 0.0913. The fraction of sp³-hybridized carbons (Fsp3) is 0.556. The van der Waals surface area contributed by atoms with Gasteiger partial charge in [-0.15, -0.1) is 0 Å². The molecule has 1 unspecified atom stereocenters. The number of H-pyrrole nitrogens is 1. The van der Waals surface area contributed by atoms with E-state index in [9.17, 15) is 4.79 Å². The SMILES string of the molecule is [B]C(CC)c1nc(C)[nH]c(=O)c1C. The number of aromatic nitrogens is 2. The van der Waals surface area contributed by atoms with Gasteiger partial charge in [-0.1, -0.05) is 13.3 Å². The zero-order chi connectivity index (χ0) is 10.0. The van der Waals surface area contributed by atoms with E-state index < -0.39 is 0 Å². The lowest BCUT2D eigenvalue weighted by atomic mass is 9.80. The molecule has 0 bridgehead atoms. The maximum atomic E-state index is 11.3. The highest BCUT2D eigenvalue weighted by Crippen LogP contribution is 2.14. The van der Waals surface area contributed by atoms with Crippen molar-refractivity contribution in [1.29, 1.82) is 0 Å². The van der Waals surface area contributed by atoms with Crippen molar-refractivity contribution in [3.8, 4) is 0 Å². The maximum Gasteiger partial charge on any atom is 0.254 e. The first-order valence-electron chi connectivity index (χ1n) is 4.39. The second-order valence-corrected chi connectivity index (χ2v) is 3.18. The summed E-state index contributed by atoms with van der Waals surface area (Å²) < 4.78 is 0. The van der Waals surface area contributed by atoms with E-state index in [0.717, 1.165) is 6.42 Å². The molecule has 0 aliphatic carbocycles. The number of hydrogen-bond acceptors (Lipinski definition) is 2. The largest absolute Gasteiger partial charge is 0.311 e. The van der Waals surface area contributed by atoms with Gasteiger partial charge in [0.15, 0.2) is 0 Å². The molecule has 1 rings (SSSR count). The molecule has 1 aromatic rings. The third-order valence-corrected chi connectivity index (χ3v) is 2.10. The van der Waals surface area contributed by atoms with Crippen LogP contribution in [0.5, 0.6) is 0 Å². The highest BCUT2D eigenvalue weighted by Gasteiger charge is 2.10. The zero-order valence-corrected chi connectivity index (χ0v) is 8.22. The van der Waals surface area contributed by atoms with E-state index >= 15 is 0 Å². The van der Waals surface area contributed by atoms with Crippen LogP contribution in [0.2, 0.25) is 0 Å². The Labute approximate surface area is 79.0 Å². The Morgan fingerprint density at radius 2 is 2.15 bits per heavy atom. The van der Waals surface area contributed by atoms with Crippen molar-refractivity contribution in [2.45, 2.75) is 33.0 Å². The molecule has 4 heteroatoms. The van der Waals surface area contributed by atoms with Crippen molar-refractivity contribution in [2.75, 3.05) is 0 Å². The molecule has 2 radical (unpaired) electrons. The number of hydrogen-bond donors (Lipinski definition) is 1. The molecule has 68 valence electrons. The quantitative estimate of drug-likeness (QED) is 0.683. The van der Waals surface area contributed by atoms with Gasteiger partial charge < -0.3 is 4.98 Å². The summed E-state index contributed by atoms with van der Waals surface area (Å²) in [4.78, 5) is 18.2. The molecule has 13 heavy (non-hydrogen) atoms. The van der Waals surface area contributed by atoms with E-state index in [0.29, 0.717) is 17.1 Å². The summed E-state index contributed by atoms with van der Waals surface area (Å²) in [5.74, 6) is 0.482. The van der Waals surface area contributed by atoms with Gasteiger partial charge in [-0.05, 0) is 19.7 Å². The van der Waals surface area contributed by atoms with Crippen LogP contribution >= 0.6 is 0 Å². The average molecular weight is 176 g/mol. The average Bonchev–Trinajstić information content (AvgIpc) is 2.10. The van der Waals surface area contributed by atoms with Gasteiger partial charge in [-0.25, -0.2) is 4.98 Å². The maximum absolute atomic E-state index is 11.3. The van der Waals surface area contributed by atoms with Crippen LogP contribution in [-0.2, 0) is 0 Å². The van der Waals surface area contributed by atoms with Gasteiger partial charge in [-0.3, -0.25) is 4.79 Å². The monoisotopic (exact) mass is 176 g/mol. The van der Waals surface area contributed by atoms with Crippen LogP contribution in [-0.4, -0.2) is 17.8 Å². The smallest absolute Gasteiger partial charge is 0.254 e. The Hall–Kier alpha value is -1.06. The van der Waals surface area contributed by atoms with E-state index in [1.807, 2.05) is 6.92 Å². The molecular weight excluding hydrogens is 163 g/mol. The van der Waals surface area contributed by atoms with E-state index in [1.54, 1.807) is 13.8 Å². The van der Waals surface area contributed by atoms with Crippen molar-refractivity contribution in [1.82, 2.24) is 9.97 Å². The fourth-order valence-corrected chi connectivity index (χ4v) is 1.22. The first-order valence-corrected chi connectivity index (χ1v) is 4.39. The molecule has 0 saturated carbocycles. The number of aryl methyl sites for hydroxylation is 1. The minimum atomic E-state index is -0.138. The fourth-order valence-electron chi connectivity index (χ4n) is 1.22. The van der Waals surface area contributed by atoms with Gasteiger partial charge in [0.1, 0.15) is 5.82 Å². The molecule has 0 aromatic carbocycles. The van der Waals surface area contributed by atoms with Crippen LogP contribution in [0.3, 0.4) is 0 Å². The normalized spacial score (nSPS) is 12.8. The number of aromatic amines is 1. The molecule has 3 nitrogen and oxygen atoms in total. The van der Waals surface area contributed by atoms with Crippen LogP contribution < -0.4 is 5.56 Å². The number of nitrogens with one attached hydrogen (secondary N) is 1. The lowest BCUT2D eigenvalue weighted by Crippen LogP contribution is -2.18. The molecular formula is C9H13BN2O. The standard InChI is InChI=1S/C9H13BN2O/c1-4-7(10)8-5(2)9(13)12-6(3)11-8/h7H,4H2,1-3H3,(H,11,12,13). The third-order valence-electron chi connectivity index (χ3n) is 2.10. The Balaban J connectivity index is 3.28. The molecule has 1 heterocycles. The molecule has 1 N–H and O–H groups in total. The molecule has 1 aromatic heterocycles. The summed E-state index contributed by atoms with van der Waals surface area (Å²) in [5, 5.41) is 0. The highest BCUT2D eigenvalue weighted by atomic mass is 16.1. The Morgan fingerprint density at radius 1 is 1.54 bits per heavy atom. The topological polar surface area (TPSA) is 45.8 Å². The van der Waals surface area contributed by atoms with Gasteiger partial charge in [-0.2, -0.15) is 0 Å². The molecule has 0 aliphatic rings. The summed E-state index contributed by atoms with van der Waals surface area (Å²) in [5.41, 5.74) is 1.25. The van der Waals surface area contributed by atoms with E-state index in [4.69, 9.17) is 7.85 Å². The molecule has 0 fully saturated rings. The predicted molar refractivity (Wildman–Crippen MR) is 53.1 cm³/mol. The first-order chi connectivity index (χ1) is 6.06. The molecule has 1 atom stereocenters. The summed E-state index contributed by atoms with van der Waals surface area (Å²) in [6, 6.07) is 0. The number of rotatable bonds is 2. The Kier molecular flexibility index (Phi) is 2.91. The van der Waals surface area contributed by atoms with Crippen molar-refractivity contribution in [3.05, 3.63) is 27.4 Å². The van der Waals surface area contributed by atoms with Crippen molar-refractivity contribution in [3.63, 3.8) is 0 Å². The second-order valence-electron chi connectivity index (χ2n) is 3.18. The predicted octanol–water partition coefficient (Wildman–Crippen LogP) is 1.01. The van der Waals surface area contributed by atoms with Gasteiger partial charge in [0, 0.05) is 11.3 Å². The van der Waals surface area contributed by atoms with Crippen molar-refractivity contribution >= 4 is 7.85 Å². The van der Waals surface area contributed by atoms with Gasteiger partial charge in [0.25, 0.3) is 5.56 Å². The lowest BCUT2D eigenvalue weighted by molar-refractivity contribution is 0.805. The van der Waals surface area contributed by atoms with E-state index in [2.05, 4.69) is 9.97 Å². The number of nitrogens with zero attached hydrogens (tertiary/aromatic N) is 1. The molecule has 0 spiro atoms. The lowest BCUT2D eigenvalue weighted by Gasteiger charge is -2.11.